The van der Waals surface area contributed by atoms with E-state index >= 15 is 0 Å². The minimum atomic E-state index is -1.01. The third kappa shape index (κ3) is 5.39. The molecule has 0 spiro atoms. The second-order valence-corrected chi connectivity index (χ2v) is 4.68. The largest absolute Gasteiger partial charge is 0.478 e. The van der Waals surface area contributed by atoms with E-state index in [4.69, 9.17) is 9.84 Å². The molecule has 0 saturated carbocycles. The lowest BCUT2D eigenvalue weighted by molar-refractivity contribution is -0.131. The molecule has 0 saturated heterocycles. The minimum absolute atomic E-state index is 0.0803. The van der Waals surface area contributed by atoms with Crippen LogP contribution in [0.4, 0.5) is 0 Å². The van der Waals surface area contributed by atoms with Gasteiger partial charge >= 0.3 is 5.97 Å². The molecule has 0 aliphatic carbocycles. The van der Waals surface area contributed by atoms with E-state index < -0.39 is 5.97 Å². The molecule has 0 atom stereocenters. The van der Waals surface area contributed by atoms with E-state index in [0.717, 1.165) is 11.6 Å². The van der Waals surface area contributed by atoms with E-state index in [2.05, 4.69) is 0 Å². The number of hydrogen-bond acceptors (Lipinski definition) is 3. The monoisotopic (exact) mass is 291 g/mol. The number of aryl methyl sites for hydroxylation is 1. The second-order valence-electron chi connectivity index (χ2n) is 4.68. The van der Waals surface area contributed by atoms with Gasteiger partial charge in [-0.2, -0.15) is 0 Å². The van der Waals surface area contributed by atoms with Crippen molar-refractivity contribution in [3.8, 4) is 0 Å². The summed E-state index contributed by atoms with van der Waals surface area (Å²) in [6, 6.07) is 5.34. The van der Waals surface area contributed by atoms with Gasteiger partial charge in [-0.15, -0.1) is 0 Å². The number of benzene rings is 1. The highest BCUT2D eigenvalue weighted by molar-refractivity contribution is 5.95. The molecule has 1 amide bonds. The second kappa shape index (κ2) is 8.21. The summed E-state index contributed by atoms with van der Waals surface area (Å²) in [5.41, 5.74) is 2.16. The van der Waals surface area contributed by atoms with Gasteiger partial charge in [-0.1, -0.05) is 6.07 Å². The Morgan fingerprint density at radius 1 is 1.33 bits per heavy atom. The van der Waals surface area contributed by atoms with E-state index in [-0.39, 0.29) is 5.91 Å². The minimum Gasteiger partial charge on any atom is -0.478 e. The van der Waals surface area contributed by atoms with Gasteiger partial charge in [0.1, 0.15) is 0 Å². The first-order valence-electron chi connectivity index (χ1n) is 6.78. The van der Waals surface area contributed by atoms with Crippen LogP contribution in [0, 0.1) is 6.92 Å². The van der Waals surface area contributed by atoms with Crippen molar-refractivity contribution in [1.82, 2.24) is 4.90 Å². The quantitative estimate of drug-likeness (QED) is 0.782. The number of ether oxygens (including phenoxy) is 1. The van der Waals surface area contributed by atoms with Crippen LogP contribution in [0.25, 0.3) is 6.08 Å². The van der Waals surface area contributed by atoms with Gasteiger partial charge in [0.05, 0.1) is 6.61 Å². The van der Waals surface area contributed by atoms with Crippen LogP contribution in [0.5, 0.6) is 0 Å². The van der Waals surface area contributed by atoms with Gasteiger partial charge in [0.2, 0.25) is 0 Å². The number of nitrogens with zero attached hydrogens (tertiary/aromatic N) is 1. The van der Waals surface area contributed by atoms with Gasteiger partial charge in [-0.05, 0) is 43.2 Å². The molecule has 114 valence electrons. The number of likely N-dealkylation sites (N-methyl/N-ethyl adjacent to an activating group) is 1. The number of rotatable bonds is 7. The molecular weight excluding hydrogens is 270 g/mol. The lowest BCUT2D eigenvalue weighted by Gasteiger charge is -2.21. The molecule has 1 aromatic carbocycles. The molecular formula is C16H21NO4. The summed E-state index contributed by atoms with van der Waals surface area (Å²) in [5, 5.41) is 8.67. The Kier molecular flexibility index (Phi) is 6.62. The molecule has 0 aromatic heterocycles. The van der Waals surface area contributed by atoms with E-state index in [9.17, 15) is 9.59 Å². The smallest absolute Gasteiger partial charge is 0.328 e. The standard InChI is InChI=1S/C16H21NO4/c1-4-17(7-8-21-3)16(20)14-10-12(2)9-13(11-14)5-6-15(18)19/h5-6,9-11H,4,7-8H2,1-3H3,(H,18,19)/b6-5+. The lowest BCUT2D eigenvalue weighted by Crippen LogP contribution is -2.33. The Labute approximate surface area is 124 Å². The highest BCUT2D eigenvalue weighted by Crippen LogP contribution is 2.14. The number of hydrogen-bond donors (Lipinski definition) is 1. The van der Waals surface area contributed by atoms with Crippen LogP contribution in [0.15, 0.2) is 24.3 Å². The molecule has 5 heteroatoms. The first-order chi connectivity index (χ1) is 9.97. The van der Waals surface area contributed by atoms with Gasteiger partial charge in [-0.3, -0.25) is 4.79 Å². The molecule has 0 heterocycles. The van der Waals surface area contributed by atoms with Crippen LogP contribution < -0.4 is 0 Å². The summed E-state index contributed by atoms with van der Waals surface area (Å²) in [4.78, 5) is 24.7. The van der Waals surface area contributed by atoms with Crippen LogP contribution >= 0.6 is 0 Å². The molecule has 0 radical (unpaired) electrons. The van der Waals surface area contributed by atoms with Crippen molar-refractivity contribution < 1.29 is 19.4 Å². The van der Waals surface area contributed by atoms with Crippen LogP contribution in [0.1, 0.15) is 28.4 Å². The molecule has 1 rings (SSSR count). The number of carboxylic acid groups (broad SMARTS) is 1. The SMILES string of the molecule is CCN(CCOC)C(=O)c1cc(C)cc(/C=C/C(=O)O)c1. The summed E-state index contributed by atoms with van der Waals surface area (Å²) in [6.07, 6.45) is 2.54. The van der Waals surface area contributed by atoms with Crippen LogP contribution in [-0.4, -0.2) is 48.7 Å². The number of carbonyl (C=O) groups excluding carboxylic acids is 1. The summed E-state index contributed by atoms with van der Waals surface area (Å²) < 4.78 is 5.00. The van der Waals surface area contributed by atoms with Crippen molar-refractivity contribution >= 4 is 18.0 Å². The third-order valence-electron chi connectivity index (χ3n) is 3.00. The van der Waals surface area contributed by atoms with Crippen molar-refractivity contribution in [1.29, 1.82) is 0 Å². The van der Waals surface area contributed by atoms with Crippen LogP contribution in [0.2, 0.25) is 0 Å². The fourth-order valence-electron chi connectivity index (χ4n) is 1.99. The summed E-state index contributed by atoms with van der Waals surface area (Å²) >= 11 is 0. The van der Waals surface area contributed by atoms with Crippen molar-refractivity contribution in [3.05, 3.63) is 41.0 Å². The van der Waals surface area contributed by atoms with Crippen molar-refractivity contribution in [2.45, 2.75) is 13.8 Å². The first kappa shape index (κ1) is 16.9. The molecule has 1 aromatic rings. The van der Waals surface area contributed by atoms with Crippen molar-refractivity contribution in [2.24, 2.45) is 0 Å². The number of carbonyl (C=O) groups is 2. The predicted molar refractivity (Wildman–Crippen MR) is 81.3 cm³/mol. The molecule has 21 heavy (non-hydrogen) atoms. The van der Waals surface area contributed by atoms with E-state index in [1.165, 1.54) is 6.08 Å². The Balaban J connectivity index is 3.00. The molecule has 5 nitrogen and oxygen atoms in total. The average molecular weight is 291 g/mol. The lowest BCUT2D eigenvalue weighted by atomic mass is 10.0. The number of aliphatic carboxylic acids is 1. The third-order valence-corrected chi connectivity index (χ3v) is 3.00. The Morgan fingerprint density at radius 3 is 2.62 bits per heavy atom. The Bertz CT molecular complexity index is 537. The van der Waals surface area contributed by atoms with E-state index in [0.29, 0.717) is 30.8 Å². The number of amides is 1. The first-order valence-corrected chi connectivity index (χ1v) is 6.78. The van der Waals surface area contributed by atoms with E-state index in [1.54, 1.807) is 24.1 Å². The summed E-state index contributed by atoms with van der Waals surface area (Å²) in [6.45, 7) is 5.39. The van der Waals surface area contributed by atoms with E-state index in [1.807, 2.05) is 19.9 Å². The topological polar surface area (TPSA) is 66.8 Å². The van der Waals surface area contributed by atoms with Crippen LogP contribution in [0.3, 0.4) is 0 Å². The maximum absolute atomic E-state index is 12.5. The molecule has 0 aliphatic rings. The highest BCUT2D eigenvalue weighted by Gasteiger charge is 2.14. The van der Waals surface area contributed by atoms with Gasteiger partial charge in [0.25, 0.3) is 5.91 Å². The van der Waals surface area contributed by atoms with Crippen LogP contribution in [-0.2, 0) is 9.53 Å². The average Bonchev–Trinajstić information content (AvgIpc) is 2.45. The maximum Gasteiger partial charge on any atom is 0.328 e. The number of methoxy groups -OCH3 is 1. The predicted octanol–water partition coefficient (Wildman–Crippen LogP) is 2.20. The molecule has 1 N–H and O–H groups in total. The summed E-state index contributed by atoms with van der Waals surface area (Å²) in [7, 11) is 1.60. The molecule has 0 aliphatic heterocycles. The summed E-state index contributed by atoms with van der Waals surface area (Å²) in [5.74, 6) is -1.09. The zero-order chi connectivity index (χ0) is 15.8. The molecule has 0 fully saturated rings. The molecule has 0 unspecified atom stereocenters. The zero-order valence-electron chi connectivity index (χ0n) is 12.6. The Hall–Kier alpha value is -2.14. The Morgan fingerprint density at radius 2 is 2.05 bits per heavy atom. The van der Waals surface area contributed by atoms with Gasteiger partial charge < -0.3 is 14.7 Å². The fourth-order valence-corrected chi connectivity index (χ4v) is 1.99. The highest BCUT2D eigenvalue weighted by atomic mass is 16.5. The maximum atomic E-state index is 12.5. The zero-order valence-corrected chi connectivity index (χ0v) is 12.6. The number of carboxylic acids is 1. The van der Waals surface area contributed by atoms with Gasteiger partial charge in [-0.25, -0.2) is 4.79 Å². The normalized spacial score (nSPS) is 10.8. The van der Waals surface area contributed by atoms with Crippen molar-refractivity contribution in [3.63, 3.8) is 0 Å². The van der Waals surface area contributed by atoms with Gasteiger partial charge in [0, 0.05) is 31.8 Å². The van der Waals surface area contributed by atoms with Crippen molar-refractivity contribution in [2.75, 3.05) is 26.8 Å². The molecule has 0 bridgehead atoms. The fraction of sp³-hybridized carbons (Fsp3) is 0.375. The van der Waals surface area contributed by atoms with Gasteiger partial charge in [0.15, 0.2) is 0 Å².